The quantitative estimate of drug-likeness (QED) is 0.438. The van der Waals surface area contributed by atoms with Crippen LogP contribution >= 0.6 is 0 Å². The van der Waals surface area contributed by atoms with Gasteiger partial charge in [0.1, 0.15) is 12.0 Å². The van der Waals surface area contributed by atoms with Crippen molar-refractivity contribution in [1.29, 1.82) is 0 Å². The molecule has 2 aromatic rings. The van der Waals surface area contributed by atoms with E-state index in [9.17, 15) is 4.79 Å². The Morgan fingerprint density at radius 2 is 1.62 bits per heavy atom. The molecule has 2 aromatic carbocycles. The van der Waals surface area contributed by atoms with Gasteiger partial charge in [-0.3, -0.25) is 4.79 Å². The highest BCUT2D eigenvalue weighted by Gasteiger charge is 2.53. The molecular weight excluding hydrogens is 440 g/mol. The summed E-state index contributed by atoms with van der Waals surface area (Å²) in [6, 6.07) is 7.74. The fourth-order valence-electron chi connectivity index (χ4n) is 5.23. The van der Waals surface area contributed by atoms with E-state index in [2.05, 4.69) is 6.58 Å². The predicted octanol–water partition coefficient (Wildman–Crippen LogP) is 4.36. The van der Waals surface area contributed by atoms with Crippen LogP contribution in [0, 0.1) is 11.8 Å². The van der Waals surface area contributed by atoms with Crippen LogP contribution in [0.5, 0.6) is 28.7 Å². The molecule has 4 atom stereocenters. The number of methoxy groups -OCH3 is 3. The third-order valence-corrected chi connectivity index (χ3v) is 6.86. The van der Waals surface area contributed by atoms with Gasteiger partial charge in [0, 0.05) is 23.8 Å². The number of fused-ring (bicyclic) bond motifs is 3. The highest BCUT2D eigenvalue weighted by atomic mass is 16.7. The minimum absolute atomic E-state index is 0.148. The van der Waals surface area contributed by atoms with Crippen molar-refractivity contribution in [2.45, 2.75) is 25.4 Å². The third kappa shape index (κ3) is 3.40. The van der Waals surface area contributed by atoms with Crippen molar-refractivity contribution in [2.24, 2.45) is 11.8 Å². The Balaban J connectivity index is 1.73. The second-order valence-corrected chi connectivity index (χ2v) is 8.52. The zero-order valence-corrected chi connectivity index (χ0v) is 19.7. The average molecular weight is 469 g/mol. The summed E-state index contributed by atoms with van der Waals surface area (Å²) in [6.45, 7) is 6.41. The van der Waals surface area contributed by atoms with Crippen molar-refractivity contribution in [1.82, 2.24) is 0 Å². The maximum absolute atomic E-state index is 13.0. The second kappa shape index (κ2) is 8.66. The number of ether oxygens (including phenoxy) is 7. The van der Waals surface area contributed by atoms with E-state index in [-0.39, 0.29) is 31.2 Å². The van der Waals surface area contributed by atoms with E-state index in [1.165, 1.54) is 0 Å². The molecule has 2 heterocycles. The van der Waals surface area contributed by atoms with E-state index in [1.54, 1.807) is 21.3 Å². The molecule has 0 radical (unpaired) electrons. The standard InChI is InChI=1S/C26H28O8/c1-6-13(2)34-24-16-10-19-18(32-12-33-19)9-15(16)22(17-11-31-26(27)23(17)24)14-7-20(28-3)25(30-5)21(8-14)29-4/h7-10,17,22-24H,2,6,11-12H2,1,3-5H3. The van der Waals surface area contributed by atoms with Gasteiger partial charge in [-0.25, -0.2) is 0 Å². The Hall–Kier alpha value is -3.55. The number of carbonyl (C=O) groups is 1. The highest BCUT2D eigenvalue weighted by molar-refractivity contribution is 5.78. The minimum atomic E-state index is -0.532. The van der Waals surface area contributed by atoms with Gasteiger partial charge in [-0.1, -0.05) is 13.5 Å². The highest BCUT2D eigenvalue weighted by Crippen LogP contribution is 2.56. The molecule has 180 valence electrons. The molecule has 1 fully saturated rings. The number of cyclic esters (lactones) is 1. The van der Waals surface area contributed by atoms with E-state index in [0.717, 1.165) is 16.7 Å². The first-order valence-corrected chi connectivity index (χ1v) is 11.2. The summed E-state index contributed by atoms with van der Waals surface area (Å²) in [6.07, 6.45) is 0.106. The van der Waals surface area contributed by atoms with Gasteiger partial charge in [-0.15, -0.1) is 0 Å². The minimum Gasteiger partial charge on any atom is -0.493 e. The van der Waals surface area contributed by atoms with Crippen LogP contribution in [0.4, 0.5) is 0 Å². The van der Waals surface area contributed by atoms with E-state index in [1.807, 2.05) is 31.2 Å². The Morgan fingerprint density at radius 3 is 2.21 bits per heavy atom. The zero-order valence-electron chi connectivity index (χ0n) is 19.7. The predicted molar refractivity (Wildman–Crippen MR) is 122 cm³/mol. The molecule has 0 saturated carbocycles. The van der Waals surface area contributed by atoms with Gasteiger partial charge in [0.15, 0.2) is 23.0 Å². The van der Waals surface area contributed by atoms with Gasteiger partial charge in [-0.05, 0) is 35.4 Å². The second-order valence-electron chi connectivity index (χ2n) is 8.52. The SMILES string of the molecule is C=C(CC)OC1c2cc3c(cc2C(c2cc(OC)c(OC)c(OC)c2)C2COC(=O)C12)OCO3. The summed E-state index contributed by atoms with van der Waals surface area (Å²) in [5, 5.41) is 0. The first kappa shape index (κ1) is 22.3. The van der Waals surface area contributed by atoms with Crippen LogP contribution in [0.3, 0.4) is 0 Å². The summed E-state index contributed by atoms with van der Waals surface area (Å²) >= 11 is 0. The Labute approximate surface area is 198 Å². The van der Waals surface area contributed by atoms with Crippen LogP contribution in [0.15, 0.2) is 36.6 Å². The molecule has 1 aliphatic carbocycles. The Bertz CT molecular complexity index is 1110. The lowest BCUT2D eigenvalue weighted by Crippen LogP contribution is -2.35. The van der Waals surface area contributed by atoms with Gasteiger partial charge in [-0.2, -0.15) is 0 Å². The number of benzene rings is 2. The van der Waals surface area contributed by atoms with Crippen LogP contribution in [0.25, 0.3) is 0 Å². The smallest absolute Gasteiger partial charge is 0.313 e. The monoisotopic (exact) mass is 468 g/mol. The molecule has 0 spiro atoms. The van der Waals surface area contributed by atoms with E-state index in [4.69, 9.17) is 33.2 Å². The largest absolute Gasteiger partial charge is 0.493 e. The third-order valence-electron chi connectivity index (χ3n) is 6.86. The van der Waals surface area contributed by atoms with Crippen LogP contribution in [-0.2, 0) is 14.3 Å². The first-order valence-electron chi connectivity index (χ1n) is 11.2. The summed E-state index contributed by atoms with van der Waals surface area (Å²) in [4.78, 5) is 13.0. The number of carbonyl (C=O) groups excluding carboxylic acids is 1. The molecule has 34 heavy (non-hydrogen) atoms. The summed E-state index contributed by atoms with van der Waals surface area (Å²) < 4.78 is 39.9. The van der Waals surface area contributed by atoms with Gasteiger partial charge < -0.3 is 33.2 Å². The number of esters is 1. The maximum atomic E-state index is 13.0. The van der Waals surface area contributed by atoms with Gasteiger partial charge in [0.2, 0.25) is 12.5 Å². The van der Waals surface area contributed by atoms with Crippen molar-refractivity contribution in [3.8, 4) is 28.7 Å². The normalized spacial score (nSPS) is 24.1. The van der Waals surface area contributed by atoms with Crippen LogP contribution in [-0.4, -0.2) is 40.7 Å². The summed E-state index contributed by atoms with van der Waals surface area (Å²) in [5.41, 5.74) is 2.75. The van der Waals surface area contributed by atoms with E-state index < -0.39 is 12.0 Å². The number of allylic oxidation sites excluding steroid dienone is 1. The van der Waals surface area contributed by atoms with Crippen molar-refractivity contribution in [3.63, 3.8) is 0 Å². The lowest BCUT2D eigenvalue weighted by atomic mass is 9.66. The van der Waals surface area contributed by atoms with Crippen molar-refractivity contribution in [3.05, 3.63) is 53.3 Å². The molecule has 1 saturated heterocycles. The molecular formula is C26H28O8. The van der Waals surface area contributed by atoms with Gasteiger partial charge in [0.25, 0.3) is 0 Å². The van der Waals surface area contributed by atoms with Gasteiger partial charge in [0.05, 0.1) is 33.7 Å². The van der Waals surface area contributed by atoms with E-state index in [0.29, 0.717) is 40.9 Å². The molecule has 0 bridgehead atoms. The fraction of sp³-hybridized carbons (Fsp3) is 0.423. The molecule has 0 N–H and O–H groups in total. The molecule has 0 amide bonds. The van der Waals surface area contributed by atoms with Crippen molar-refractivity contribution >= 4 is 5.97 Å². The topological polar surface area (TPSA) is 81.7 Å². The van der Waals surface area contributed by atoms with Crippen LogP contribution in [0.1, 0.15) is 42.1 Å². The number of hydrogen-bond donors (Lipinski definition) is 0. The number of rotatable bonds is 7. The lowest BCUT2D eigenvalue weighted by Gasteiger charge is -2.39. The summed E-state index contributed by atoms with van der Waals surface area (Å²) in [5.74, 6) is 2.33. The average Bonchev–Trinajstić information content (AvgIpc) is 3.47. The Kier molecular flexibility index (Phi) is 5.67. The molecule has 3 aliphatic rings. The zero-order chi connectivity index (χ0) is 24.0. The number of hydrogen-bond acceptors (Lipinski definition) is 8. The lowest BCUT2D eigenvalue weighted by molar-refractivity contribution is -0.145. The van der Waals surface area contributed by atoms with Crippen molar-refractivity contribution in [2.75, 3.05) is 34.7 Å². The molecule has 0 aromatic heterocycles. The molecule has 8 nitrogen and oxygen atoms in total. The fourth-order valence-corrected chi connectivity index (χ4v) is 5.23. The summed E-state index contributed by atoms with van der Waals surface area (Å²) in [7, 11) is 4.73. The molecule has 4 unspecified atom stereocenters. The van der Waals surface area contributed by atoms with Crippen LogP contribution < -0.4 is 23.7 Å². The van der Waals surface area contributed by atoms with Crippen LogP contribution in [0.2, 0.25) is 0 Å². The maximum Gasteiger partial charge on any atom is 0.313 e. The first-order chi connectivity index (χ1) is 16.5. The molecule has 5 rings (SSSR count). The van der Waals surface area contributed by atoms with Gasteiger partial charge >= 0.3 is 5.97 Å². The van der Waals surface area contributed by atoms with Crippen molar-refractivity contribution < 1.29 is 38.0 Å². The molecule has 8 heteroatoms. The van der Waals surface area contributed by atoms with E-state index >= 15 is 0 Å². The molecule has 2 aliphatic heterocycles. The Morgan fingerprint density at radius 1 is 0.971 bits per heavy atom.